The Morgan fingerprint density at radius 3 is 2.75 bits per heavy atom. The first-order valence-electron chi connectivity index (χ1n) is 3.24. The molecule has 1 aromatic rings. The van der Waals surface area contributed by atoms with Crippen LogP contribution in [-0.4, -0.2) is 5.11 Å². The van der Waals surface area contributed by atoms with Gasteiger partial charge in [-0.2, -0.15) is 0 Å². The minimum Gasteiger partial charge on any atom is -0.376 e. The molecule has 1 nitrogen and oxygen atoms in total. The molecule has 12 heavy (non-hydrogen) atoms. The molecular formula is C9H6ClIO. The van der Waals surface area contributed by atoms with Crippen LogP contribution in [0.4, 0.5) is 0 Å². The lowest BCUT2D eigenvalue weighted by atomic mass is 10.1. The number of hydrogen-bond acceptors (Lipinski definition) is 1. The summed E-state index contributed by atoms with van der Waals surface area (Å²) >= 11 is 7.94. The molecular weight excluding hydrogens is 286 g/mol. The highest BCUT2D eigenvalue weighted by atomic mass is 127. The Morgan fingerprint density at radius 1 is 1.58 bits per heavy atom. The van der Waals surface area contributed by atoms with Crippen LogP contribution in [0.15, 0.2) is 18.2 Å². The van der Waals surface area contributed by atoms with Crippen molar-refractivity contribution in [1.82, 2.24) is 0 Å². The number of hydrogen-bond donors (Lipinski definition) is 1. The molecule has 0 radical (unpaired) electrons. The number of aliphatic hydroxyl groups excluding tert-OH is 1. The van der Waals surface area contributed by atoms with Crippen LogP contribution < -0.4 is 0 Å². The van der Waals surface area contributed by atoms with Crippen molar-refractivity contribution in [2.45, 2.75) is 6.10 Å². The van der Waals surface area contributed by atoms with Crippen molar-refractivity contribution >= 4 is 34.2 Å². The summed E-state index contributed by atoms with van der Waals surface area (Å²) < 4.78 is 0.947. The summed E-state index contributed by atoms with van der Waals surface area (Å²) in [6, 6.07) is 5.25. The Balaban J connectivity index is 3.06. The molecule has 0 aromatic heterocycles. The van der Waals surface area contributed by atoms with Gasteiger partial charge in [0, 0.05) is 3.57 Å². The fourth-order valence-corrected chi connectivity index (χ4v) is 1.30. The van der Waals surface area contributed by atoms with E-state index in [4.69, 9.17) is 18.0 Å². The number of aliphatic hydroxyl groups is 1. The van der Waals surface area contributed by atoms with E-state index in [-0.39, 0.29) is 0 Å². The minimum atomic E-state index is -0.862. The van der Waals surface area contributed by atoms with E-state index in [2.05, 4.69) is 28.5 Å². The van der Waals surface area contributed by atoms with Gasteiger partial charge < -0.3 is 5.11 Å². The van der Waals surface area contributed by atoms with Gasteiger partial charge in [0.2, 0.25) is 0 Å². The third-order valence-electron chi connectivity index (χ3n) is 1.42. The molecule has 0 fully saturated rings. The zero-order valence-corrected chi connectivity index (χ0v) is 9.00. The van der Waals surface area contributed by atoms with Gasteiger partial charge in [0.1, 0.15) is 6.10 Å². The van der Waals surface area contributed by atoms with E-state index in [1.807, 2.05) is 6.07 Å². The predicted molar refractivity (Wildman–Crippen MR) is 58.0 cm³/mol. The highest BCUT2D eigenvalue weighted by molar-refractivity contribution is 14.1. The Kier molecular flexibility index (Phi) is 3.39. The fraction of sp³-hybridized carbons (Fsp3) is 0.111. The maximum absolute atomic E-state index is 9.25. The maximum atomic E-state index is 9.25. The van der Waals surface area contributed by atoms with Gasteiger partial charge in [-0.15, -0.1) is 6.42 Å². The standard InChI is InChI=1S/C9H6ClIO/c1-2-9(12)6-3-4-8(11)7(10)5-6/h1,3-5,9,12H. The van der Waals surface area contributed by atoms with Crippen molar-refractivity contribution in [1.29, 1.82) is 0 Å². The summed E-state index contributed by atoms with van der Waals surface area (Å²) in [5.74, 6) is 2.22. The normalized spacial score (nSPS) is 12.2. The average molecular weight is 293 g/mol. The van der Waals surface area contributed by atoms with Crippen molar-refractivity contribution in [3.8, 4) is 12.3 Å². The van der Waals surface area contributed by atoms with E-state index in [1.165, 1.54) is 0 Å². The summed E-state index contributed by atoms with van der Waals surface area (Å²) in [6.07, 6.45) is 4.19. The van der Waals surface area contributed by atoms with Crippen LogP contribution >= 0.6 is 34.2 Å². The van der Waals surface area contributed by atoms with Crippen molar-refractivity contribution in [2.24, 2.45) is 0 Å². The lowest BCUT2D eigenvalue weighted by Crippen LogP contribution is -1.93. The predicted octanol–water partition coefficient (Wildman–Crippen LogP) is 2.61. The lowest BCUT2D eigenvalue weighted by Gasteiger charge is -2.04. The molecule has 0 aliphatic heterocycles. The molecule has 1 N–H and O–H groups in total. The molecule has 1 atom stereocenters. The zero-order chi connectivity index (χ0) is 9.14. The van der Waals surface area contributed by atoms with Gasteiger partial charge in [0.15, 0.2) is 0 Å². The van der Waals surface area contributed by atoms with Crippen LogP contribution in [0.1, 0.15) is 11.7 Å². The number of benzene rings is 1. The van der Waals surface area contributed by atoms with Crippen LogP contribution in [-0.2, 0) is 0 Å². The maximum Gasteiger partial charge on any atom is 0.140 e. The first-order chi connectivity index (χ1) is 5.65. The molecule has 0 amide bonds. The highest BCUT2D eigenvalue weighted by Gasteiger charge is 2.04. The zero-order valence-electron chi connectivity index (χ0n) is 6.09. The van der Waals surface area contributed by atoms with Crippen molar-refractivity contribution < 1.29 is 5.11 Å². The van der Waals surface area contributed by atoms with E-state index < -0.39 is 6.10 Å². The average Bonchev–Trinajstić information content (AvgIpc) is 2.08. The molecule has 1 aromatic carbocycles. The van der Waals surface area contributed by atoms with Gasteiger partial charge in [0.05, 0.1) is 5.02 Å². The smallest absolute Gasteiger partial charge is 0.140 e. The van der Waals surface area contributed by atoms with Crippen LogP contribution in [0.25, 0.3) is 0 Å². The van der Waals surface area contributed by atoms with Gasteiger partial charge in [-0.1, -0.05) is 23.6 Å². The first-order valence-corrected chi connectivity index (χ1v) is 4.70. The van der Waals surface area contributed by atoms with E-state index in [0.717, 1.165) is 3.57 Å². The van der Waals surface area contributed by atoms with Crippen LogP contribution in [0, 0.1) is 15.9 Å². The summed E-state index contributed by atoms with van der Waals surface area (Å²) in [5, 5.41) is 9.86. The largest absolute Gasteiger partial charge is 0.376 e. The molecule has 0 aliphatic rings. The summed E-state index contributed by atoms with van der Waals surface area (Å²) in [5.41, 5.74) is 0.655. The molecule has 0 saturated carbocycles. The van der Waals surface area contributed by atoms with Gasteiger partial charge in [-0.3, -0.25) is 0 Å². The van der Waals surface area contributed by atoms with E-state index in [1.54, 1.807) is 12.1 Å². The Morgan fingerprint density at radius 2 is 2.25 bits per heavy atom. The summed E-state index contributed by atoms with van der Waals surface area (Å²) in [4.78, 5) is 0. The van der Waals surface area contributed by atoms with Crippen LogP contribution in [0.3, 0.4) is 0 Å². The van der Waals surface area contributed by atoms with E-state index in [9.17, 15) is 5.11 Å². The molecule has 0 saturated heterocycles. The minimum absolute atomic E-state index is 0.613. The third-order valence-corrected chi connectivity index (χ3v) is 2.99. The van der Waals surface area contributed by atoms with Gasteiger partial charge >= 0.3 is 0 Å². The second-order valence-corrected chi connectivity index (χ2v) is 3.81. The Labute approximate surface area is 89.9 Å². The van der Waals surface area contributed by atoms with Crippen molar-refractivity contribution in [2.75, 3.05) is 0 Å². The van der Waals surface area contributed by atoms with Gasteiger partial charge in [-0.25, -0.2) is 0 Å². The first kappa shape index (κ1) is 9.85. The number of halogens is 2. The Bertz CT molecular complexity index is 330. The number of rotatable bonds is 1. The second-order valence-electron chi connectivity index (χ2n) is 2.24. The molecule has 1 rings (SSSR count). The Hall–Kier alpha value is -0.240. The quantitative estimate of drug-likeness (QED) is 0.623. The summed E-state index contributed by atoms with van der Waals surface area (Å²) in [7, 11) is 0. The molecule has 3 heteroatoms. The van der Waals surface area contributed by atoms with Gasteiger partial charge in [0.25, 0.3) is 0 Å². The van der Waals surface area contributed by atoms with E-state index >= 15 is 0 Å². The lowest BCUT2D eigenvalue weighted by molar-refractivity contribution is 0.238. The highest BCUT2D eigenvalue weighted by Crippen LogP contribution is 2.22. The van der Waals surface area contributed by atoms with Crippen LogP contribution in [0.5, 0.6) is 0 Å². The molecule has 62 valence electrons. The molecule has 0 aliphatic carbocycles. The van der Waals surface area contributed by atoms with Crippen molar-refractivity contribution in [3.63, 3.8) is 0 Å². The SMILES string of the molecule is C#CC(O)c1ccc(I)c(Cl)c1. The second kappa shape index (κ2) is 4.13. The molecule has 0 bridgehead atoms. The summed E-state index contributed by atoms with van der Waals surface area (Å²) in [6.45, 7) is 0. The van der Waals surface area contributed by atoms with E-state index in [0.29, 0.717) is 10.6 Å². The van der Waals surface area contributed by atoms with Gasteiger partial charge in [-0.05, 0) is 40.3 Å². The van der Waals surface area contributed by atoms with Crippen molar-refractivity contribution in [3.05, 3.63) is 32.4 Å². The topological polar surface area (TPSA) is 20.2 Å². The number of terminal acetylenes is 1. The molecule has 1 unspecified atom stereocenters. The van der Waals surface area contributed by atoms with Crippen LogP contribution in [0.2, 0.25) is 5.02 Å². The third kappa shape index (κ3) is 2.13. The molecule has 0 spiro atoms. The fourth-order valence-electron chi connectivity index (χ4n) is 0.779. The molecule has 0 heterocycles. The monoisotopic (exact) mass is 292 g/mol.